The Kier molecular flexibility index (Phi) is 6.14. The lowest BCUT2D eigenvalue weighted by Crippen LogP contribution is -2.38. The van der Waals surface area contributed by atoms with Crippen LogP contribution in [0.25, 0.3) is 0 Å². The molecule has 0 saturated carbocycles. The second-order valence-corrected chi connectivity index (χ2v) is 4.77. The Morgan fingerprint density at radius 1 is 1.42 bits per heavy atom. The van der Waals surface area contributed by atoms with E-state index in [0.717, 1.165) is 6.42 Å². The van der Waals surface area contributed by atoms with Crippen molar-refractivity contribution in [3.63, 3.8) is 0 Å². The van der Waals surface area contributed by atoms with Crippen molar-refractivity contribution in [2.75, 3.05) is 17.3 Å². The van der Waals surface area contributed by atoms with Crippen LogP contribution in [0, 0.1) is 0 Å². The molecule has 0 aliphatic heterocycles. The number of hydrogen-bond donors (Lipinski definition) is 4. The molecule has 6 nitrogen and oxygen atoms in total. The molecule has 1 atom stereocenters. The minimum Gasteiger partial charge on any atom is -0.357 e. The fraction of sp³-hybridized carbons (Fsp3) is 0.455. The van der Waals surface area contributed by atoms with Gasteiger partial charge in [-0.2, -0.15) is 0 Å². The van der Waals surface area contributed by atoms with Crippen molar-refractivity contribution in [2.45, 2.75) is 26.3 Å². The highest BCUT2D eigenvalue weighted by Gasteiger charge is 2.15. The molecule has 1 unspecified atom stereocenters. The lowest BCUT2D eigenvalue weighted by molar-refractivity contribution is -0.121. The van der Waals surface area contributed by atoms with E-state index in [9.17, 15) is 4.79 Å². The van der Waals surface area contributed by atoms with Gasteiger partial charge in [0.2, 0.25) is 5.91 Å². The van der Waals surface area contributed by atoms with Crippen LogP contribution in [0.2, 0.25) is 10.0 Å². The van der Waals surface area contributed by atoms with E-state index in [4.69, 9.17) is 29.0 Å². The number of halogens is 2. The largest absolute Gasteiger partial charge is 0.357 e. The number of hydrogen-bond acceptors (Lipinski definition) is 5. The molecule has 0 saturated heterocycles. The molecule has 5 N–H and O–H groups in total. The van der Waals surface area contributed by atoms with Crippen LogP contribution in [-0.4, -0.2) is 23.5 Å². The van der Waals surface area contributed by atoms with Crippen LogP contribution in [-0.2, 0) is 4.79 Å². The standard InChI is InChI=1S/C11H17Cl2N5O/c1-3-4-15-11(19)6(2)16-9-7(12)5-8(13)10(17-9)18-14/h5-6H,3-4,14H2,1-2H3,(H,15,19)(H2,16,17,18). The molecular formula is C11H17Cl2N5O. The summed E-state index contributed by atoms with van der Waals surface area (Å²) in [6.07, 6.45) is 0.875. The van der Waals surface area contributed by atoms with Crippen LogP contribution in [0.4, 0.5) is 11.6 Å². The van der Waals surface area contributed by atoms with E-state index >= 15 is 0 Å². The molecule has 19 heavy (non-hydrogen) atoms. The molecule has 1 amide bonds. The van der Waals surface area contributed by atoms with E-state index < -0.39 is 6.04 Å². The third-order valence-corrected chi connectivity index (χ3v) is 2.94. The first-order valence-electron chi connectivity index (χ1n) is 5.86. The van der Waals surface area contributed by atoms with Crippen molar-refractivity contribution >= 4 is 40.7 Å². The summed E-state index contributed by atoms with van der Waals surface area (Å²) >= 11 is 11.9. The number of rotatable bonds is 6. The number of nitrogen functional groups attached to an aromatic ring is 1. The van der Waals surface area contributed by atoms with E-state index in [0.29, 0.717) is 22.4 Å². The maximum Gasteiger partial charge on any atom is 0.242 e. The summed E-state index contributed by atoms with van der Waals surface area (Å²) in [7, 11) is 0. The molecular weight excluding hydrogens is 289 g/mol. The van der Waals surface area contributed by atoms with Crippen LogP contribution in [0.5, 0.6) is 0 Å². The number of hydrazine groups is 1. The van der Waals surface area contributed by atoms with Gasteiger partial charge in [0.1, 0.15) is 11.9 Å². The molecule has 0 bridgehead atoms. The van der Waals surface area contributed by atoms with Gasteiger partial charge >= 0.3 is 0 Å². The number of carbonyl (C=O) groups is 1. The van der Waals surface area contributed by atoms with Crippen molar-refractivity contribution in [3.8, 4) is 0 Å². The Morgan fingerprint density at radius 2 is 2.05 bits per heavy atom. The van der Waals surface area contributed by atoms with Crippen molar-refractivity contribution in [3.05, 3.63) is 16.1 Å². The zero-order valence-corrected chi connectivity index (χ0v) is 12.3. The van der Waals surface area contributed by atoms with Gasteiger partial charge in [0.25, 0.3) is 0 Å². The minimum atomic E-state index is -0.469. The molecule has 1 aromatic heterocycles. The lowest BCUT2D eigenvalue weighted by Gasteiger charge is -2.16. The molecule has 0 aliphatic rings. The number of nitrogens with one attached hydrogen (secondary N) is 3. The van der Waals surface area contributed by atoms with Crippen LogP contribution in [0.3, 0.4) is 0 Å². The zero-order valence-electron chi connectivity index (χ0n) is 10.8. The summed E-state index contributed by atoms with van der Waals surface area (Å²) < 4.78 is 0. The first kappa shape index (κ1) is 15.8. The number of aromatic nitrogens is 1. The van der Waals surface area contributed by atoms with E-state index in [2.05, 4.69) is 21.0 Å². The predicted octanol–water partition coefficient (Wildman–Crippen LogP) is 2.00. The highest BCUT2D eigenvalue weighted by molar-refractivity contribution is 6.37. The van der Waals surface area contributed by atoms with E-state index in [1.807, 2.05) is 6.92 Å². The Balaban J connectivity index is 2.78. The van der Waals surface area contributed by atoms with Gasteiger partial charge in [-0.1, -0.05) is 30.1 Å². The lowest BCUT2D eigenvalue weighted by atomic mass is 10.3. The van der Waals surface area contributed by atoms with Gasteiger partial charge in [-0.05, 0) is 19.4 Å². The topological polar surface area (TPSA) is 92.1 Å². The van der Waals surface area contributed by atoms with Gasteiger partial charge in [-0.15, -0.1) is 0 Å². The van der Waals surface area contributed by atoms with Crippen LogP contribution in [0.15, 0.2) is 6.07 Å². The van der Waals surface area contributed by atoms with E-state index in [1.54, 1.807) is 6.92 Å². The van der Waals surface area contributed by atoms with Crippen molar-refractivity contribution < 1.29 is 4.79 Å². The van der Waals surface area contributed by atoms with Crippen molar-refractivity contribution in [1.29, 1.82) is 0 Å². The molecule has 8 heteroatoms. The Hall–Kier alpha value is -1.24. The Morgan fingerprint density at radius 3 is 2.63 bits per heavy atom. The van der Waals surface area contributed by atoms with Gasteiger partial charge in [0.05, 0.1) is 10.0 Å². The van der Waals surface area contributed by atoms with Gasteiger partial charge < -0.3 is 16.1 Å². The number of nitrogens with two attached hydrogens (primary N) is 1. The van der Waals surface area contributed by atoms with Gasteiger partial charge in [0.15, 0.2) is 5.82 Å². The summed E-state index contributed by atoms with van der Waals surface area (Å²) in [4.78, 5) is 15.8. The first-order chi connectivity index (χ1) is 8.99. The first-order valence-corrected chi connectivity index (χ1v) is 6.62. The second-order valence-electron chi connectivity index (χ2n) is 3.95. The number of amides is 1. The molecule has 0 aromatic carbocycles. The number of carbonyl (C=O) groups excluding carboxylic acids is 1. The number of nitrogens with zero attached hydrogens (tertiary/aromatic N) is 1. The normalized spacial score (nSPS) is 11.8. The van der Waals surface area contributed by atoms with Crippen LogP contribution < -0.4 is 21.9 Å². The summed E-state index contributed by atoms with van der Waals surface area (Å²) in [5, 5.41) is 6.31. The second kappa shape index (κ2) is 7.37. The van der Waals surface area contributed by atoms with E-state index in [1.165, 1.54) is 6.07 Å². The molecule has 0 radical (unpaired) electrons. The monoisotopic (exact) mass is 305 g/mol. The highest BCUT2D eigenvalue weighted by Crippen LogP contribution is 2.28. The molecule has 0 fully saturated rings. The number of anilines is 2. The number of pyridine rings is 1. The van der Waals surface area contributed by atoms with Gasteiger partial charge in [0, 0.05) is 6.54 Å². The smallest absolute Gasteiger partial charge is 0.242 e. The molecule has 106 valence electrons. The fourth-order valence-electron chi connectivity index (χ4n) is 1.34. The van der Waals surface area contributed by atoms with Gasteiger partial charge in [-0.3, -0.25) is 4.79 Å². The fourth-order valence-corrected chi connectivity index (χ4v) is 1.81. The maximum atomic E-state index is 11.7. The van der Waals surface area contributed by atoms with Gasteiger partial charge in [-0.25, -0.2) is 10.8 Å². The molecule has 0 spiro atoms. The van der Waals surface area contributed by atoms with Crippen molar-refractivity contribution in [1.82, 2.24) is 10.3 Å². The average Bonchev–Trinajstić information content (AvgIpc) is 2.38. The van der Waals surface area contributed by atoms with Crippen molar-refractivity contribution in [2.24, 2.45) is 5.84 Å². The minimum absolute atomic E-state index is 0.128. The molecule has 0 aliphatic carbocycles. The summed E-state index contributed by atoms with van der Waals surface area (Å²) in [6.45, 7) is 4.32. The average molecular weight is 306 g/mol. The van der Waals surface area contributed by atoms with E-state index in [-0.39, 0.29) is 11.7 Å². The SMILES string of the molecule is CCCNC(=O)C(C)Nc1nc(NN)c(Cl)cc1Cl. The quantitative estimate of drug-likeness (QED) is 0.476. The van der Waals surface area contributed by atoms with Crippen LogP contribution in [0.1, 0.15) is 20.3 Å². The predicted molar refractivity (Wildman–Crippen MR) is 78.5 cm³/mol. The molecule has 1 aromatic rings. The molecule has 1 heterocycles. The Bertz CT molecular complexity index is 455. The summed E-state index contributed by atoms with van der Waals surface area (Å²) in [5.41, 5.74) is 2.36. The third-order valence-electron chi connectivity index (χ3n) is 2.36. The summed E-state index contributed by atoms with van der Waals surface area (Å²) in [5.74, 6) is 5.78. The Labute approximate surface area is 122 Å². The molecule has 1 rings (SSSR count). The zero-order chi connectivity index (χ0) is 14.4. The van der Waals surface area contributed by atoms with Crippen LogP contribution >= 0.6 is 23.2 Å². The maximum absolute atomic E-state index is 11.7. The highest BCUT2D eigenvalue weighted by atomic mass is 35.5. The third kappa shape index (κ3) is 4.41. The summed E-state index contributed by atoms with van der Waals surface area (Å²) in [6, 6.07) is 1.04.